The summed E-state index contributed by atoms with van der Waals surface area (Å²) in [6.45, 7) is 4.75. The van der Waals surface area contributed by atoms with Gasteiger partial charge >= 0.3 is 0 Å². The summed E-state index contributed by atoms with van der Waals surface area (Å²) in [6.07, 6.45) is 0. The van der Waals surface area contributed by atoms with Crippen molar-refractivity contribution in [3.05, 3.63) is 270 Å². The van der Waals surface area contributed by atoms with Crippen LogP contribution in [0.4, 0.5) is 17.1 Å². The third kappa shape index (κ3) is 5.56. The predicted octanol–water partition coefficient (Wildman–Crippen LogP) is 16.3. The largest absolute Gasteiger partial charge is 0.310 e. The smallest absolute Gasteiger partial charge is 0.0719 e. The second-order valence-electron chi connectivity index (χ2n) is 17.6. The van der Waals surface area contributed by atoms with Gasteiger partial charge in [0.05, 0.1) is 11.1 Å². The van der Waals surface area contributed by atoms with Crippen LogP contribution in [-0.2, 0) is 10.8 Å². The molecule has 1 nitrogen and oxygen atoms in total. The van der Waals surface area contributed by atoms with Crippen molar-refractivity contribution in [3.8, 4) is 44.5 Å². The zero-order valence-electron chi connectivity index (χ0n) is 35.5. The predicted molar refractivity (Wildman–Crippen MR) is 264 cm³/mol. The van der Waals surface area contributed by atoms with Gasteiger partial charge in [0.2, 0.25) is 0 Å². The van der Waals surface area contributed by atoms with Crippen LogP contribution in [0.3, 0.4) is 0 Å². The molecule has 10 aromatic carbocycles. The van der Waals surface area contributed by atoms with Crippen molar-refractivity contribution in [1.82, 2.24) is 0 Å². The Bertz CT molecular complexity index is 3290. The molecule has 0 heterocycles. The van der Waals surface area contributed by atoms with Crippen LogP contribution in [0.5, 0.6) is 0 Å². The molecule has 63 heavy (non-hydrogen) atoms. The molecule has 2 aliphatic rings. The quantitative estimate of drug-likeness (QED) is 0.155. The minimum Gasteiger partial charge on any atom is -0.310 e. The lowest BCUT2D eigenvalue weighted by Crippen LogP contribution is -2.29. The van der Waals surface area contributed by atoms with Crippen molar-refractivity contribution < 1.29 is 0 Å². The molecule has 0 saturated carbocycles. The molecule has 0 N–H and O–H groups in total. The van der Waals surface area contributed by atoms with Crippen molar-refractivity contribution in [2.24, 2.45) is 0 Å². The van der Waals surface area contributed by atoms with Crippen LogP contribution in [0.15, 0.2) is 237 Å². The lowest BCUT2D eigenvalue weighted by atomic mass is 9.66. The first-order chi connectivity index (χ1) is 31.0. The molecular weight excluding hydrogens is 759 g/mol. The summed E-state index contributed by atoms with van der Waals surface area (Å²) in [4.78, 5) is 2.51. The second-order valence-corrected chi connectivity index (χ2v) is 17.6. The normalized spacial score (nSPS) is 13.8. The van der Waals surface area contributed by atoms with Crippen molar-refractivity contribution in [3.63, 3.8) is 0 Å². The van der Waals surface area contributed by atoms with Crippen LogP contribution in [0, 0.1) is 0 Å². The Morgan fingerprint density at radius 2 is 0.857 bits per heavy atom. The first-order valence-corrected chi connectivity index (χ1v) is 22.1. The van der Waals surface area contributed by atoms with E-state index in [1.807, 2.05) is 0 Å². The van der Waals surface area contributed by atoms with E-state index in [0.717, 1.165) is 17.1 Å². The number of hydrogen-bond donors (Lipinski definition) is 0. The van der Waals surface area contributed by atoms with E-state index in [2.05, 4.69) is 255 Å². The zero-order valence-corrected chi connectivity index (χ0v) is 35.5. The van der Waals surface area contributed by atoms with Crippen molar-refractivity contribution in [1.29, 1.82) is 0 Å². The highest BCUT2D eigenvalue weighted by molar-refractivity contribution is 6.11. The van der Waals surface area contributed by atoms with E-state index < -0.39 is 5.41 Å². The molecule has 0 radical (unpaired) electrons. The summed E-state index contributed by atoms with van der Waals surface area (Å²) in [5.41, 5.74) is 20.6. The molecule has 12 rings (SSSR count). The Hall–Kier alpha value is -7.74. The summed E-state index contributed by atoms with van der Waals surface area (Å²) >= 11 is 0. The highest BCUT2D eigenvalue weighted by Crippen LogP contribution is 2.61. The van der Waals surface area contributed by atoms with Gasteiger partial charge in [0, 0.05) is 22.2 Å². The number of hydrogen-bond acceptors (Lipinski definition) is 1. The maximum Gasteiger partial charge on any atom is 0.0719 e. The van der Waals surface area contributed by atoms with E-state index in [4.69, 9.17) is 0 Å². The van der Waals surface area contributed by atoms with Gasteiger partial charge in [-0.15, -0.1) is 0 Å². The summed E-state index contributed by atoms with van der Waals surface area (Å²) in [5, 5.41) is 2.44. The first-order valence-electron chi connectivity index (χ1n) is 22.1. The maximum absolute atomic E-state index is 2.51. The monoisotopic (exact) mass is 803 g/mol. The van der Waals surface area contributed by atoms with Gasteiger partial charge in [-0.1, -0.05) is 214 Å². The molecule has 0 amide bonds. The minimum absolute atomic E-state index is 0.151. The van der Waals surface area contributed by atoms with E-state index >= 15 is 0 Å². The van der Waals surface area contributed by atoms with Gasteiger partial charge in [-0.25, -0.2) is 0 Å². The molecule has 298 valence electrons. The number of benzene rings is 10. The van der Waals surface area contributed by atoms with Gasteiger partial charge in [-0.2, -0.15) is 0 Å². The standard InChI is InChI=1S/C62H45N/c1-61(2)55-31-17-15-28-49(55)50-39-38-48(40-57(50)61)63(47-36-34-43(35-37-47)42-20-7-3-8-21-42)58-33-19-30-51-54(58)41-53(44-22-9-4-10-23-44)59-52-29-16-18-32-56(52)62(60(51)59,45-24-11-5-12-25-45)46-26-13-6-14-27-46/h3-41H,1-2H3. The Balaban J connectivity index is 1.19. The fourth-order valence-corrected chi connectivity index (χ4v) is 11.1. The van der Waals surface area contributed by atoms with Gasteiger partial charge in [0.25, 0.3) is 0 Å². The highest BCUT2D eigenvalue weighted by Gasteiger charge is 2.48. The summed E-state index contributed by atoms with van der Waals surface area (Å²) in [6, 6.07) is 87.9. The summed E-state index contributed by atoms with van der Waals surface area (Å²) < 4.78 is 0. The lowest BCUT2D eigenvalue weighted by molar-refractivity contribution is 0.660. The SMILES string of the molecule is CC1(C)c2ccccc2-c2ccc(N(c3ccc(-c4ccccc4)cc3)c3cccc4c5c(c(-c6ccccc6)cc34)-c3ccccc3C5(c3ccccc3)c3ccccc3)cc21. The fraction of sp³-hybridized carbons (Fsp3) is 0.0645. The van der Waals surface area contributed by atoms with Crippen LogP contribution < -0.4 is 4.90 Å². The van der Waals surface area contributed by atoms with Gasteiger partial charge in [-0.05, 0) is 120 Å². The summed E-state index contributed by atoms with van der Waals surface area (Å²) in [5.74, 6) is 0. The van der Waals surface area contributed by atoms with Crippen LogP contribution >= 0.6 is 0 Å². The van der Waals surface area contributed by atoms with E-state index in [9.17, 15) is 0 Å². The van der Waals surface area contributed by atoms with Crippen LogP contribution in [0.1, 0.15) is 47.2 Å². The molecule has 0 unspecified atom stereocenters. The number of rotatable bonds is 7. The Morgan fingerprint density at radius 3 is 1.52 bits per heavy atom. The number of anilines is 3. The molecule has 0 spiro atoms. The molecule has 1 heteroatoms. The molecule has 10 aromatic rings. The highest BCUT2D eigenvalue weighted by atomic mass is 15.1. The maximum atomic E-state index is 2.51. The zero-order chi connectivity index (χ0) is 42.1. The van der Waals surface area contributed by atoms with Crippen molar-refractivity contribution in [2.75, 3.05) is 4.90 Å². The first kappa shape index (κ1) is 37.1. The van der Waals surface area contributed by atoms with Crippen LogP contribution in [0.25, 0.3) is 55.3 Å². The number of nitrogens with zero attached hydrogens (tertiary/aromatic N) is 1. The molecule has 0 aliphatic heterocycles. The molecular formula is C62H45N. The average Bonchev–Trinajstić information content (AvgIpc) is 3.79. The number of fused-ring (bicyclic) bond motifs is 8. The molecule has 0 saturated heterocycles. The second kappa shape index (κ2) is 14.4. The van der Waals surface area contributed by atoms with Crippen LogP contribution in [0.2, 0.25) is 0 Å². The van der Waals surface area contributed by atoms with Gasteiger partial charge in [0.1, 0.15) is 0 Å². The van der Waals surface area contributed by atoms with E-state index in [-0.39, 0.29) is 5.41 Å². The topological polar surface area (TPSA) is 3.24 Å². The van der Waals surface area contributed by atoms with Gasteiger partial charge < -0.3 is 4.90 Å². The van der Waals surface area contributed by atoms with Crippen LogP contribution in [-0.4, -0.2) is 0 Å². The third-order valence-electron chi connectivity index (χ3n) is 13.9. The lowest BCUT2D eigenvalue weighted by Gasteiger charge is -2.35. The molecule has 0 atom stereocenters. The Labute approximate surface area is 370 Å². The molecule has 0 bridgehead atoms. The Kier molecular flexibility index (Phi) is 8.49. The van der Waals surface area contributed by atoms with Gasteiger partial charge in [-0.3, -0.25) is 0 Å². The molecule has 0 aromatic heterocycles. The molecule has 0 fully saturated rings. The van der Waals surface area contributed by atoms with E-state index in [1.54, 1.807) is 0 Å². The minimum atomic E-state index is -0.582. The summed E-state index contributed by atoms with van der Waals surface area (Å²) in [7, 11) is 0. The van der Waals surface area contributed by atoms with E-state index in [1.165, 1.54) is 88.7 Å². The van der Waals surface area contributed by atoms with Crippen molar-refractivity contribution in [2.45, 2.75) is 24.7 Å². The fourth-order valence-electron chi connectivity index (χ4n) is 11.1. The van der Waals surface area contributed by atoms with Gasteiger partial charge in [0.15, 0.2) is 0 Å². The van der Waals surface area contributed by atoms with E-state index in [0.29, 0.717) is 0 Å². The van der Waals surface area contributed by atoms with Crippen molar-refractivity contribution >= 4 is 27.8 Å². The molecule has 2 aliphatic carbocycles. The average molecular weight is 804 g/mol. The third-order valence-corrected chi connectivity index (χ3v) is 13.9. The Morgan fingerprint density at radius 1 is 0.333 bits per heavy atom.